The quantitative estimate of drug-likeness (QED) is 0.256. The predicted molar refractivity (Wildman–Crippen MR) is 134 cm³/mol. The zero-order valence-corrected chi connectivity index (χ0v) is 19.2. The Bertz CT molecular complexity index is 1450. The lowest BCUT2D eigenvalue weighted by atomic mass is 9.92. The summed E-state index contributed by atoms with van der Waals surface area (Å²) >= 11 is 7.70. The summed E-state index contributed by atoms with van der Waals surface area (Å²) in [6.45, 7) is 0.409. The van der Waals surface area contributed by atoms with Crippen LogP contribution in [0, 0.1) is 11.3 Å². The number of fused-ring (bicyclic) bond motifs is 1. The molecule has 0 saturated carbocycles. The van der Waals surface area contributed by atoms with Gasteiger partial charge in [0.15, 0.2) is 0 Å². The number of halogens is 1. The van der Waals surface area contributed by atoms with Gasteiger partial charge in [0.25, 0.3) is 0 Å². The van der Waals surface area contributed by atoms with Crippen molar-refractivity contribution in [2.45, 2.75) is 12.7 Å². The van der Waals surface area contributed by atoms with Crippen LogP contribution in [0.3, 0.4) is 0 Å². The van der Waals surface area contributed by atoms with Crippen molar-refractivity contribution in [2.24, 2.45) is 0 Å². The molecule has 1 heterocycles. The first-order chi connectivity index (χ1) is 16.2. The van der Waals surface area contributed by atoms with E-state index in [1.165, 1.54) is 0 Å². The summed E-state index contributed by atoms with van der Waals surface area (Å²) in [6, 6.07) is 30.4. The zero-order chi connectivity index (χ0) is 22.6. The first-order valence-corrected chi connectivity index (χ1v) is 11.8. The molecule has 160 valence electrons. The molecule has 5 aromatic rings. The van der Waals surface area contributed by atoms with E-state index in [9.17, 15) is 5.26 Å². The van der Waals surface area contributed by atoms with Crippen LogP contribution in [0.25, 0.3) is 21.9 Å². The maximum atomic E-state index is 9.84. The molecular weight excluding hydrogens is 448 g/mol. The summed E-state index contributed by atoms with van der Waals surface area (Å²) in [5.41, 5.74) is 6.34. The van der Waals surface area contributed by atoms with Gasteiger partial charge in [-0.05, 0) is 51.7 Å². The van der Waals surface area contributed by atoms with Crippen LogP contribution < -0.4 is 0 Å². The number of nitriles is 1. The molecule has 0 aliphatic heterocycles. The monoisotopic (exact) mass is 466 g/mol. The first kappa shape index (κ1) is 21.4. The molecule has 3 nitrogen and oxygen atoms in total. The lowest BCUT2D eigenvalue weighted by Crippen LogP contribution is -2.06. The molecule has 1 unspecified atom stereocenters. The van der Waals surface area contributed by atoms with E-state index in [1.807, 2.05) is 60.8 Å². The van der Waals surface area contributed by atoms with E-state index in [1.54, 1.807) is 16.8 Å². The van der Waals surface area contributed by atoms with E-state index >= 15 is 0 Å². The maximum absolute atomic E-state index is 9.84. The molecule has 5 rings (SSSR count). The Labute approximate surface area is 201 Å². The number of thiazole rings is 1. The van der Waals surface area contributed by atoms with E-state index in [2.05, 4.69) is 41.4 Å². The lowest BCUT2D eigenvalue weighted by molar-refractivity contribution is 0.0689. The number of benzene rings is 4. The van der Waals surface area contributed by atoms with E-state index in [4.69, 9.17) is 16.3 Å². The van der Waals surface area contributed by atoms with Crippen molar-refractivity contribution in [1.82, 2.24) is 4.98 Å². The van der Waals surface area contributed by atoms with Crippen LogP contribution in [0.5, 0.6) is 0 Å². The maximum Gasteiger partial charge on any atom is 0.119 e. The Hall–Kier alpha value is -3.49. The molecule has 0 amide bonds. The van der Waals surface area contributed by atoms with Crippen LogP contribution in [0.1, 0.15) is 27.7 Å². The normalized spacial score (nSPS) is 11.9. The van der Waals surface area contributed by atoms with Gasteiger partial charge < -0.3 is 4.74 Å². The van der Waals surface area contributed by atoms with Crippen LogP contribution in [-0.4, -0.2) is 4.98 Å². The Morgan fingerprint density at radius 1 is 0.939 bits per heavy atom. The zero-order valence-electron chi connectivity index (χ0n) is 17.6. The number of rotatable bonds is 6. The van der Waals surface area contributed by atoms with Gasteiger partial charge in [-0.25, -0.2) is 0 Å². The highest BCUT2D eigenvalue weighted by molar-refractivity contribution is 7.09. The summed E-state index contributed by atoms with van der Waals surface area (Å²) in [5.74, 6) is 0. The Morgan fingerprint density at radius 3 is 2.61 bits per heavy atom. The number of hydrogen-bond acceptors (Lipinski definition) is 4. The Balaban J connectivity index is 1.58. The first-order valence-electron chi connectivity index (χ1n) is 10.5. The molecule has 0 aliphatic rings. The van der Waals surface area contributed by atoms with Gasteiger partial charge in [-0.3, -0.25) is 4.98 Å². The number of hydrogen-bond donors (Lipinski definition) is 0. The molecule has 0 saturated heterocycles. The van der Waals surface area contributed by atoms with Gasteiger partial charge in [-0.1, -0.05) is 72.3 Å². The Kier molecular flexibility index (Phi) is 6.19. The molecular formula is C28H19ClN2OS. The standard InChI is InChI=1S/C28H19ClN2OS/c29-23-8-3-5-19(13-23)17-32-28(27-16-31-18-33-27)21-11-12-22(15-30)26(14-21)25-10-4-7-20-6-1-2-9-24(20)25/h1-14,16,18,28H,17H2. The van der Waals surface area contributed by atoms with Crippen molar-refractivity contribution >= 4 is 33.7 Å². The SMILES string of the molecule is N#Cc1ccc(C(OCc2cccc(Cl)c2)c2cncs2)cc1-c1cccc2ccccc12. The van der Waals surface area contributed by atoms with Crippen LogP contribution in [0.15, 0.2) is 96.6 Å². The van der Waals surface area contributed by atoms with Crippen molar-refractivity contribution in [3.63, 3.8) is 0 Å². The molecule has 0 fully saturated rings. The van der Waals surface area contributed by atoms with Gasteiger partial charge >= 0.3 is 0 Å². The van der Waals surface area contributed by atoms with Gasteiger partial charge in [0, 0.05) is 16.8 Å². The third-order valence-corrected chi connectivity index (χ3v) is 6.62. The molecule has 5 heteroatoms. The molecule has 0 spiro atoms. The summed E-state index contributed by atoms with van der Waals surface area (Å²) < 4.78 is 6.39. The highest BCUT2D eigenvalue weighted by Gasteiger charge is 2.20. The molecule has 4 aromatic carbocycles. The molecule has 0 bridgehead atoms. The van der Waals surface area contributed by atoms with Crippen molar-refractivity contribution in [2.75, 3.05) is 0 Å². The van der Waals surface area contributed by atoms with Gasteiger partial charge in [-0.15, -0.1) is 11.3 Å². The highest BCUT2D eigenvalue weighted by atomic mass is 35.5. The van der Waals surface area contributed by atoms with Crippen molar-refractivity contribution in [3.05, 3.63) is 123 Å². The van der Waals surface area contributed by atoms with E-state index in [-0.39, 0.29) is 6.10 Å². The highest BCUT2D eigenvalue weighted by Crippen LogP contribution is 2.36. The van der Waals surface area contributed by atoms with E-state index in [0.717, 1.165) is 37.9 Å². The van der Waals surface area contributed by atoms with Crippen LogP contribution >= 0.6 is 22.9 Å². The second-order valence-electron chi connectivity index (χ2n) is 7.67. The average molecular weight is 467 g/mol. The fourth-order valence-corrected chi connectivity index (χ4v) is 4.92. The molecule has 0 radical (unpaired) electrons. The van der Waals surface area contributed by atoms with Crippen LogP contribution in [0.4, 0.5) is 0 Å². The molecule has 1 aromatic heterocycles. The van der Waals surface area contributed by atoms with E-state index < -0.39 is 0 Å². The van der Waals surface area contributed by atoms with E-state index in [0.29, 0.717) is 17.2 Å². The Morgan fingerprint density at radius 2 is 1.79 bits per heavy atom. The van der Waals surface area contributed by atoms with Crippen molar-refractivity contribution < 1.29 is 4.74 Å². The second-order valence-corrected chi connectivity index (χ2v) is 9.02. The summed E-state index contributed by atoms with van der Waals surface area (Å²) in [7, 11) is 0. The molecule has 0 N–H and O–H groups in total. The minimum absolute atomic E-state index is 0.307. The number of aromatic nitrogens is 1. The minimum atomic E-state index is -0.307. The fraction of sp³-hybridized carbons (Fsp3) is 0.0714. The predicted octanol–water partition coefficient (Wildman–Crippen LogP) is 7.79. The topological polar surface area (TPSA) is 45.9 Å². The minimum Gasteiger partial charge on any atom is -0.363 e. The van der Waals surface area contributed by atoms with Gasteiger partial charge in [0.2, 0.25) is 0 Å². The van der Waals surface area contributed by atoms with Crippen LogP contribution in [0.2, 0.25) is 5.02 Å². The summed E-state index contributed by atoms with van der Waals surface area (Å²) in [6.07, 6.45) is 1.53. The fourth-order valence-electron chi connectivity index (χ4n) is 4.01. The van der Waals surface area contributed by atoms with Crippen molar-refractivity contribution in [3.8, 4) is 17.2 Å². The molecule has 1 atom stereocenters. The third kappa shape index (κ3) is 4.53. The molecule has 33 heavy (non-hydrogen) atoms. The largest absolute Gasteiger partial charge is 0.363 e. The smallest absolute Gasteiger partial charge is 0.119 e. The third-order valence-electron chi connectivity index (χ3n) is 5.56. The second kappa shape index (κ2) is 9.56. The number of nitrogens with zero attached hydrogens (tertiary/aromatic N) is 2. The average Bonchev–Trinajstić information content (AvgIpc) is 3.38. The summed E-state index contributed by atoms with van der Waals surface area (Å²) in [5, 5.41) is 12.8. The number of ether oxygens (including phenoxy) is 1. The molecule has 0 aliphatic carbocycles. The van der Waals surface area contributed by atoms with Gasteiger partial charge in [-0.2, -0.15) is 5.26 Å². The summed E-state index contributed by atoms with van der Waals surface area (Å²) in [4.78, 5) is 5.26. The van der Waals surface area contributed by atoms with Gasteiger partial charge in [0.1, 0.15) is 6.10 Å². The van der Waals surface area contributed by atoms with Crippen LogP contribution in [-0.2, 0) is 11.3 Å². The lowest BCUT2D eigenvalue weighted by Gasteiger charge is -2.19. The van der Waals surface area contributed by atoms with Gasteiger partial charge in [0.05, 0.1) is 28.6 Å². The van der Waals surface area contributed by atoms with Crippen molar-refractivity contribution in [1.29, 1.82) is 5.26 Å².